The number of aryl methyl sites for hydroxylation is 2. The van der Waals surface area contributed by atoms with Gasteiger partial charge >= 0.3 is 0 Å². The highest BCUT2D eigenvalue weighted by molar-refractivity contribution is 6.51. The minimum atomic E-state index is -0.807. The van der Waals surface area contributed by atoms with E-state index in [4.69, 9.17) is 9.47 Å². The first-order valence-electron chi connectivity index (χ1n) is 12.4. The Morgan fingerprint density at radius 1 is 0.865 bits per heavy atom. The maximum absolute atomic E-state index is 13.5. The third-order valence-electron chi connectivity index (χ3n) is 7.12. The quantitative estimate of drug-likeness (QED) is 0.273. The lowest BCUT2D eigenvalue weighted by atomic mass is 9.85. The fraction of sp³-hybridized carbons (Fsp3) is 0.290. The molecule has 37 heavy (non-hydrogen) atoms. The number of nitrogens with zero attached hydrogens (tertiary/aromatic N) is 1. The maximum Gasteiger partial charge on any atom is 0.300 e. The van der Waals surface area contributed by atoms with Crippen LogP contribution in [0, 0.1) is 13.8 Å². The van der Waals surface area contributed by atoms with Crippen LogP contribution in [0.3, 0.4) is 0 Å². The van der Waals surface area contributed by atoms with Crippen LogP contribution in [-0.4, -0.2) is 30.0 Å². The molecule has 2 aliphatic heterocycles. The molecule has 0 spiro atoms. The van der Waals surface area contributed by atoms with Crippen molar-refractivity contribution in [3.05, 3.63) is 94.1 Å². The molecule has 3 aromatic carbocycles. The summed E-state index contributed by atoms with van der Waals surface area (Å²) in [5, 5.41) is 11.4. The molecule has 0 aromatic heterocycles. The molecule has 6 nitrogen and oxygen atoms in total. The molecule has 2 heterocycles. The van der Waals surface area contributed by atoms with Crippen LogP contribution in [-0.2, 0) is 15.0 Å². The number of aliphatic hydroxyl groups is 1. The number of hydrogen-bond donors (Lipinski definition) is 1. The first-order valence-corrected chi connectivity index (χ1v) is 12.4. The van der Waals surface area contributed by atoms with Gasteiger partial charge in [0.1, 0.15) is 19.0 Å². The minimum Gasteiger partial charge on any atom is -0.507 e. The largest absolute Gasteiger partial charge is 0.507 e. The van der Waals surface area contributed by atoms with Crippen molar-refractivity contribution in [1.82, 2.24) is 0 Å². The van der Waals surface area contributed by atoms with Gasteiger partial charge in [0.2, 0.25) is 0 Å². The second kappa shape index (κ2) is 9.11. The van der Waals surface area contributed by atoms with Crippen LogP contribution in [0.2, 0.25) is 0 Å². The summed E-state index contributed by atoms with van der Waals surface area (Å²) in [6, 6.07) is 17.8. The number of anilines is 1. The molecule has 1 amide bonds. The molecule has 3 aromatic rings. The molecule has 190 valence electrons. The maximum atomic E-state index is 13.5. The van der Waals surface area contributed by atoms with E-state index in [1.165, 1.54) is 4.90 Å². The summed E-state index contributed by atoms with van der Waals surface area (Å²) in [6.45, 7) is 11.2. The van der Waals surface area contributed by atoms with E-state index in [1.807, 2.05) is 50.2 Å². The van der Waals surface area contributed by atoms with E-state index >= 15 is 0 Å². The van der Waals surface area contributed by atoms with Gasteiger partial charge in [0, 0.05) is 17.3 Å². The smallest absolute Gasteiger partial charge is 0.300 e. The van der Waals surface area contributed by atoms with E-state index in [-0.39, 0.29) is 16.7 Å². The number of carbonyl (C=O) groups is 2. The van der Waals surface area contributed by atoms with Crippen LogP contribution in [0.1, 0.15) is 54.6 Å². The van der Waals surface area contributed by atoms with E-state index in [9.17, 15) is 14.7 Å². The van der Waals surface area contributed by atoms with Gasteiger partial charge in [-0.15, -0.1) is 0 Å². The molecule has 1 N–H and O–H groups in total. The van der Waals surface area contributed by atoms with Gasteiger partial charge < -0.3 is 14.6 Å². The van der Waals surface area contributed by atoms with Crippen molar-refractivity contribution in [2.45, 2.75) is 46.1 Å². The summed E-state index contributed by atoms with van der Waals surface area (Å²) in [5.74, 6) is -0.511. The average molecular weight is 498 g/mol. The normalized spacial score (nSPS) is 18.8. The molecular weight excluding hydrogens is 466 g/mol. The average Bonchev–Trinajstić information content (AvgIpc) is 3.14. The number of rotatable bonds is 3. The van der Waals surface area contributed by atoms with Crippen LogP contribution in [0.4, 0.5) is 5.69 Å². The second-order valence-corrected chi connectivity index (χ2v) is 10.7. The van der Waals surface area contributed by atoms with Crippen LogP contribution in [0.25, 0.3) is 5.76 Å². The highest BCUT2D eigenvalue weighted by atomic mass is 16.6. The van der Waals surface area contributed by atoms with Gasteiger partial charge in [-0.3, -0.25) is 14.5 Å². The molecule has 0 bridgehead atoms. The molecule has 0 saturated carbocycles. The number of aliphatic hydroxyl groups excluding tert-OH is 1. The zero-order valence-corrected chi connectivity index (χ0v) is 21.8. The lowest BCUT2D eigenvalue weighted by molar-refractivity contribution is -0.132. The van der Waals surface area contributed by atoms with Crippen molar-refractivity contribution < 1.29 is 24.2 Å². The number of fused-ring (bicyclic) bond motifs is 1. The highest BCUT2D eigenvalue weighted by Crippen LogP contribution is 2.45. The molecule has 1 unspecified atom stereocenters. The second-order valence-electron chi connectivity index (χ2n) is 10.7. The standard InChI is InChI=1S/C31H31NO5/c1-18-6-7-21(16-19(18)2)28(33)26-27(20-8-10-22(11-9-20)31(3,4)5)32(30(35)29(26)34)23-12-13-24-25(17-23)37-15-14-36-24/h6-13,16-17,27,33H,14-15H2,1-5H3/b28-26+. The van der Waals surface area contributed by atoms with Gasteiger partial charge in [0.05, 0.1) is 11.6 Å². The topological polar surface area (TPSA) is 76.1 Å². The molecule has 6 heteroatoms. The van der Waals surface area contributed by atoms with E-state index < -0.39 is 17.7 Å². The molecule has 1 fully saturated rings. The molecule has 0 aliphatic carbocycles. The van der Waals surface area contributed by atoms with E-state index in [2.05, 4.69) is 20.8 Å². The first kappa shape index (κ1) is 24.6. The summed E-state index contributed by atoms with van der Waals surface area (Å²) in [7, 11) is 0. The lowest BCUT2D eigenvalue weighted by Gasteiger charge is -2.28. The Labute approximate surface area is 217 Å². The van der Waals surface area contributed by atoms with E-state index in [1.54, 1.807) is 24.3 Å². The van der Waals surface area contributed by atoms with Crippen LogP contribution in [0.5, 0.6) is 11.5 Å². The lowest BCUT2D eigenvalue weighted by Crippen LogP contribution is -2.29. The fourth-order valence-corrected chi connectivity index (χ4v) is 4.81. The molecule has 0 radical (unpaired) electrons. The zero-order valence-electron chi connectivity index (χ0n) is 21.8. The van der Waals surface area contributed by atoms with Gasteiger partial charge in [0.25, 0.3) is 11.7 Å². The third kappa shape index (κ3) is 4.37. The first-order chi connectivity index (χ1) is 17.6. The number of ether oxygens (including phenoxy) is 2. The molecule has 2 aliphatic rings. The Morgan fingerprint density at radius 3 is 2.19 bits per heavy atom. The Morgan fingerprint density at radius 2 is 1.54 bits per heavy atom. The summed E-state index contributed by atoms with van der Waals surface area (Å²) in [6.07, 6.45) is 0. The third-order valence-corrected chi connectivity index (χ3v) is 7.12. The molecule has 1 saturated heterocycles. The number of amides is 1. The summed E-state index contributed by atoms with van der Waals surface area (Å²) < 4.78 is 11.4. The van der Waals surface area contributed by atoms with Gasteiger partial charge in [-0.2, -0.15) is 0 Å². The molecule has 1 atom stereocenters. The predicted octanol–water partition coefficient (Wildman–Crippen LogP) is 6.00. The number of benzene rings is 3. The van der Waals surface area contributed by atoms with Crippen molar-refractivity contribution in [3.63, 3.8) is 0 Å². The Bertz CT molecular complexity index is 1430. The molecule has 5 rings (SSSR count). The predicted molar refractivity (Wildman–Crippen MR) is 143 cm³/mol. The van der Waals surface area contributed by atoms with Crippen molar-refractivity contribution in [2.75, 3.05) is 18.1 Å². The summed E-state index contributed by atoms with van der Waals surface area (Å²) in [4.78, 5) is 28.4. The van der Waals surface area contributed by atoms with Crippen molar-refractivity contribution in [2.24, 2.45) is 0 Å². The highest BCUT2D eigenvalue weighted by Gasteiger charge is 2.47. The zero-order chi connectivity index (χ0) is 26.5. The Hall–Kier alpha value is -4.06. The Kier molecular flexibility index (Phi) is 6.06. The van der Waals surface area contributed by atoms with Crippen LogP contribution < -0.4 is 14.4 Å². The van der Waals surface area contributed by atoms with E-state index in [0.29, 0.717) is 36.0 Å². The van der Waals surface area contributed by atoms with Gasteiger partial charge in [0.15, 0.2) is 11.5 Å². The fourth-order valence-electron chi connectivity index (χ4n) is 4.81. The number of Topliss-reactive ketones (excluding diaryl/α,β-unsaturated/α-hetero) is 1. The Balaban J connectivity index is 1.69. The van der Waals surface area contributed by atoms with Crippen molar-refractivity contribution in [3.8, 4) is 11.5 Å². The van der Waals surface area contributed by atoms with Crippen LogP contribution in [0.15, 0.2) is 66.2 Å². The van der Waals surface area contributed by atoms with Crippen molar-refractivity contribution in [1.29, 1.82) is 0 Å². The number of hydrogen-bond acceptors (Lipinski definition) is 5. The van der Waals surface area contributed by atoms with Crippen LogP contribution >= 0.6 is 0 Å². The number of ketones is 1. The monoisotopic (exact) mass is 497 g/mol. The SMILES string of the molecule is Cc1ccc(/C(O)=C2\C(=O)C(=O)N(c3ccc4c(c3)OCCO4)C2c2ccc(C(C)(C)C)cc2)cc1C. The summed E-state index contributed by atoms with van der Waals surface area (Å²) in [5.41, 5.74) is 4.91. The van der Waals surface area contributed by atoms with E-state index in [0.717, 1.165) is 22.3 Å². The van der Waals surface area contributed by atoms with Crippen molar-refractivity contribution >= 4 is 23.1 Å². The van der Waals surface area contributed by atoms with Gasteiger partial charge in [-0.1, -0.05) is 57.2 Å². The van der Waals surface area contributed by atoms with Gasteiger partial charge in [-0.25, -0.2) is 0 Å². The summed E-state index contributed by atoms with van der Waals surface area (Å²) >= 11 is 0. The van der Waals surface area contributed by atoms with Gasteiger partial charge in [-0.05, 0) is 59.7 Å². The minimum absolute atomic E-state index is 0.0599. The number of carbonyl (C=O) groups excluding carboxylic acids is 2. The molecular formula is C31H31NO5.